The van der Waals surface area contributed by atoms with Gasteiger partial charge in [0.15, 0.2) is 0 Å². The maximum Gasteiger partial charge on any atom is 0.241 e. The van der Waals surface area contributed by atoms with Gasteiger partial charge in [0.25, 0.3) is 0 Å². The summed E-state index contributed by atoms with van der Waals surface area (Å²) in [6.07, 6.45) is 0.554. The standard InChI is InChI=1S/C14H23NO3S/c1-6-13(8-16)15-19(17,18)14-7-9(2)10(3)11(4)12(14)5/h7,13,15-16H,6,8H2,1-5H3/t13-/m0/s1. The lowest BCUT2D eigenvalue weighted by Crippen LogP contribution is -2.37. The maximum atomic E-state index is 12.4. The number of rotatable bonds is 5. The molecule has 1 aromatic rings. The summed E-state index contributed by atoms with van der Waals surface area (Å²) in [5, 5.41) is 9.13. The summed E-state index contributed by atoms with van der Waals surface area (Å²) in [5.74, 6) is 0. The van der Waals surface area contributed by atoms with Crippen LogP contribution < -0.4 is 4.72 Å². The largest absolute Gasteiger partial charge is 0.395 e. The van der Waals surface area contributed by atoms with Gasteiger partial charge in [0.2, 0.25) is 10.0 Å². The average molecular weight is 285 g/mol. The first kappa shape index (κ1) is 16.1. The van der Waals surface area contributed by atoms with Gasteiger partial charge in [0, 0.05) is 6.04 Å². The minimum absolute atomic E-state index is 0.196. The van der Waals surface area contributed by atoms with E-state index in [1.807, 2.05) is 34.6 Å². The molecule has 0 heterocycles. The molecule has 0 aliphatic rings. The highest BCUT2D eigenvalue weighted by Gasteiger charge is 2.22. The second-order valence-electron chi connectivity index (χ2n) is 4.98. The molecular formula is C14H23NO3S. The van der Waals surface area contributed by atoms with Crippen LogP contribution in [0, 0.1) is 27.7 Å². The Labute approximate surface area is 115 Å². The normalized spacial score (nSPS) is 13.6. The fourth-order valence-corrected chi connectivity index (χ4v) is 3.68. The van der Waals surface area contributed by atoms with E-state index in [9.17, 15) is 8.42 Å². The molecule has 0 unspecified atom stereocenters. The van der Waals surface area contributed by atoms with Crippen molar-refractivity contribution in [2.75, 3.05) is 6.61 Å². The molecule has 0 fully saturated rings. The third-order valence-electron chi connectivity index (χ3n) is 3.76. The predicted molar refractivity (Wildman–Crippen MR) is 76.9 cm³/mol. The number of sulfonamides is 1. The van der Waals surface area contributed by atoms with Gasteiger partial charge in [-0.15, -0.1) is 0 Å². The van der Waals surface area contributed by atoms with Crippen LogP contribution in [0.25, 0.3) is 0 Å². The van der Waals surface area contributed by atoms with Crippen molar-refractivity contribution in [3.05, 3.63) is 28.3 Å². The molecule has 5 heteroatoms. The van der Waals surface area contributed by atoms with Gasteiger partial charge in [-0.2, -0.15) is 0 Å². The van der Waals surface area contributed by atoms with Crippen LogP contribution in [0.15, 0.2) is 11.0 Å². The van der Waals surface area contributed by atoms with Crippen LogP contribution in [0.5, 0.6) is 0 Å². The smallest absolute Gasteiger partial charge is 0.241 e. The van der Waals surface area contributed by atoms with Gasteiger partial charge in [0.05, 0.1) is 11.5 Å². The molecule has 0 amide bonds. The molecule has 4 nitrogen and oxygen atoms in total. The Balaban J connectivity index is 3.30. The Morgan fingerprint density at radius 3 is 2.21 bits per heavy atom. The molecule has 1 atom stereocenters. The molecule has 0 spiro atoms. The summed E-state index contributed by atoms with van der Waals surface area (Å²) in [6, 6.07) is 1.26. The van der Waals surface area contributed by atoms with Gasteiger partial charge in [-0.3, -0.25) is 0 Å². The number of aryl methyl sites for hydroxylation is 1. The van der Waals surface area contributed by atoms with E-state index in [0.717, 1.165) is 22.3 Å². The van der Waals surface area contributed by atoms with Gasteiger partial charge in [-0.05, 0) is 62.4 Å². The minimum Gasteiger partial charge on any atom is -0.395 e. The second kappa shape index (κ2) is 6.03. The molecule has 0 aliphatic carbocycles. The minimum atomic E-state index is -3.59. The van der Waals surface area contributed by atoms with E-state index >= 15 is 0 Å². The van der Waals surface area contributed by atoms with Crippen LogP contribution in [0.4, 0.5) is 0 Å². The highest BCUT2D eigenvalue weighted by molar-refractivity contribution is 7.89. The quantitative estimate of drug-likeness (QED) is 0.869. The Hall–Kier alpha value is -0.910. The molecule has 0 saturated carbocycles. The Morgan fingerprint density at radius 1 is 1.16 bits per heavy atom. The monoisotopic (exact) mass is 285 g/mol. The van der Waals surface area contributed by atoms with E-state index in [1.54, 1.807) is 6.07 Å². The predicted octanol–water partition coefficient (Wildman–Crippen LogP) is 1.97. The summed E-state index contributed by atoms with van der Waals surface area (Å²) in [5.41, 5.74) is 3.84. The summed E-state index contributed by atoms with van der Waals surface area (Å²) in [6.45, 7) is 9.28. The molecule has 108 valence electrons. The van der Waals surface area contributed by atoms with Crippen LogP contribution in [0.2, 0.25) is 0 Å². The van der Waals surface area contributed by atoms with Crippen LogP contribution in [-0.2, 0) is 10.0 Å². The van der Waals surface area contributed by atoms with Gasteiger partial charge in [-0.1, -0.05) is 6.92 Å². The lowest BCUT2D eigenvalue weighted by Gasteiger charge is -2.18. The zero-order valence-corrected chi connectivity index (χ0v) is 13.1. The van der Waals surface area contributed by atoms with E-state index in [1.165, 1.54) is 0 Å². The van der Waals surface area contributed by atoms with Crippen LogP contribution in [0.3, 0.4) is 0 Å². The first-order valence-corrected chi connectivity index (χ1v) is 7.93. The number of hydrogen-bond donors (Lipinski definition) is 2. The van der Waals surface area contributed by atoms with E-state index in [0.29, 0.717) is 11.3 Å². The van der Waals surface area contributed by atoms with Crippen molar-refractivity contribution >= 4 is 10.0 Å². The van der Waals surface area contributed by atoms with Gasteiger partial charge in [-0.25, -0.2) is 13.1 Å². The van der Waals surface area contributed by atoms with Gasteiger partial charge in [0.1, 0.15) is 0 Å². The summed E-state index contributed by atoms with van der Waals surface area (Å²) >= 11 is 0. The third kappa shape index (κ3) is 3.35. The number of aliphatic hydroxyl groups excluding tert-OH is 1. The molecule has 0 bridgehead atoms. The lowest BCUT2D eigenvalue weighted by molar-refractivity contribution is 0.254. The molecule has 2 N–H and O–H groups in total. The van der Waals surface area contributed by atoms with Crippen molar-refractivity contribution in [2.45, 2.75) is 52.0 Å². The molecule has 0 radical (unpaired) electrons. The maximum absolute atomic E-state index is 12.4. The Kier molecular flexibility index (Phi) is 5.12. The third-order valence-corrected chi connectivity index (χ3v) is 5.40. The summed E-state index contributed by atoms with van der Waals surface area (Å²) in [4.78, 5) is 0.306. The molecule has 0 aromatic heterocycles. The fourth-order valence-electron chi connectivity index (χ4n) is 1.99. The summed E-state index contributed by atoms with van der Waals surface area (Å²) < 4.78 is 27.3. The number of hydrogen-bond acceptors (Lipinski definition) is 3. The summed E-state index contributed by atoms with van der Waals surface area (Å²) in [7, 11) is -3.59. The number of aliphatic hydroxyl groups is 1. The molecule has 0 aliphatic heterocycles. The highest BCUT2D eigenvalue weighted by atomic mass is 32.2. The first-order chi connectivity index (χ1) is 8.74. The van der Waals surface area contributed by atoms with Crippen molar-refractivity contribution in [1.82, 2.24) is 4.72 Å². The SMILES string of the molecule is CC[C@@H](CO)NS(=O)(=O)c1cc(C)c(C)c(C)c1C. The zero-order valence-electron chi connectivity index (χ0n) is 12.2. The van der Waals surface area contributed by atoms with Crippen LogP contribution in [0.1, 0.15) is 35.6 Å². The Bertz CT molecular complexity index is 561. The Morgan fingerprint density at radius 2 is 1.74 bits per heavy atom. The lowest BCUT2D eigenvalue weighted by atomic mass is 10.00. The first-order valence-electron chi connectivity index (χ1n) is 6.45. The van der Waals surface area contributed by atoms with Crippen molar-refractivity contribution < 1.29 is 13.5 Å². The van der Waals surface area contributed by atoms with Crippen LogP contribution >= 0.6 is 0 Å². The van der Waals surface area contributed by atoms with Crippen LogP contribution in [-0.4, -0.2) is 26.2 Å². The van der Waals surface area contributed by atoms with Gasteiger partial charge >= 0.3 is 0 Å². The molecule has 1 rings (SSSR count). The zero-order chi connectivity index (χ0) is 14.8. The molecule has 1 aromatic carbocycles. The van der Waals surface area contributed by atoms with E-state index in [2.05, 4.69) is 4.72 Å². The van der Waals surface area contributed by atoms with E-state index in [-0.39, 0.29) is 6.61 Å². The molecule has 19 heavy (non-hydrogen) atoms. The number of nitrogens with one attached hydrogen (secondary N) is 1. The second-order valence-corrected chi connectivity index (χ2v) is 6.66. The number of benzene rings is 1. The van der Waals surface area contributed by atoms with Crippen molar-refractivity contribution in [1.29, 1.82) is 0 Å². The fraction of sp³-hybridized carbons (Fsp3) is 0.571. The van der Waals surface area contributed by atoms with Crippen molar-refractivity contribution in [3.63, 3.8) is 0 Å². The van der Waals surface area contributed by atoms with E-state index < -0.39 is 16.1 Å². The van der Waals surface area contributed by atoms with Crippen molar-refractivity contribution in [2.24, 2.45) is 0 Å². The molecular weight excluding hydrogens is 262 g/mol. The molecule has 0 saturated heterocycles. The van der Waals surface area contributed by atoms with E-state index in [4.69, 9.17) is 5.11 Å². The topological polar surface area (TPSA) is 66.4 Å². The highest BCUT2D eigenvalue weighted by Crippen LogP contribution is 2.24. The average Bonchev–Trinajstić information content (AvgIpc) is 2.37. The van der Waals surface area contributed by atoms with Crippen molar-refractivity contribution in [3.8, 4) is 0 Å². The van der Waals surface area contributed by atoms with Gasteiger partial charge < -0.3 is 5.11 Å².